The number of aromatic nitrogens is 1. The van der Waals surface area contributed by atoms with E-state index in [0.29, 0.717) is 11.7 Å². The summed E-state index contributed by atoms with van der Waals surface area (Å²) in [4.78, 5) is 14.9. The zero-order valence-electron chi connectivity index (χ0n) is 9.85. The Labute approximate surface area is 100 Å². The van der Waals surface area contributed by atoms with Gasteiger partial charge in [-0.05, 0) is 24.9 Å². The number of carbonyl (C=O) groups excluding carboxylic acids is 1. The van der Waals surface area contributed by atoms with Crippen LogP contribution in [0.25, 0.3) is 0 Å². The van der Waals surface area contributed by atoms with Crippen molar-refractivity contribution in [3.05, 3.63) is 24.0 Å². The standard InChI is InChI=1S/C12H17N3O2/c1-8-2-4-14-7-11(8)17-9-3-5-15-10(6-9)12(13)16/h3,5-6,8,11,14H,2,4,7H2,1H3,(H2,13,16). The first kappa shape index (κ1) is 11.9. The van der Waals surface area contributed by atoms with Crippen molar-refractivity contribution in [2.75, 3.05) is 13.1 Å². The molecule has 5 nitrogen and oxygen atoms in total. The maximum Gasteiger partial charge on any atom is 0.267 e. The van der Waals surface area contributed by atoms with Crippen molar-refractivity contribution < 1.29 is 9.53 Å². The van der Waals surface area contributed by atoms with Gasteiger partial charge in [0.1, 0.15) is 17.5 Å². The highest BCUT2D eigenvalue weighted by Crippen LogP contribution is 2.19. The Balaban J connectivity index is 2.07. The molecule has 92 valence electrons. The predicted molar refractivity (Wildman–Crippen MR) is 63.8 cm³/mol. The van der Waals surface area contributed by atoms with Crippen LogP contribution in [0, 0.1) is 5.92 Å². The second-order valence-corrected chi connectivity index (χ2v) is 4.37. The van der Waals surface area contributed by atoms with Gasteiger partial charge in [-0.15, -0.1) is 0 Å². The first-order chi connectivity index (χ1) is 8.16. The van der Waals surface area contributed by atoms with Gasteiger partial charge in [-0.1, -0.05) is 6.92 Å². The Kier molecular flexibility index (Phi) is 3.58. The molecule has 17 heavy (non-hydrogen) atoms. The van der Waals surface area contributed by atoms with Crippen LogP contribution in [0.2, 0.25) is 0 Å². The van der Waals surface area contributed by atoms with Crippen LogP contribution in [0.1, 0.15) is 23.8 Å². The van der Waals surface area contributed by atoms with Gasteiger partial charge in [0.15, 0.2) is 0 Å². The molecule has 0 bridgehead atoms. The molecule has 0 spiro atoms. The third-order valence-electron chi connectivity index (χ3n) is 3.03. The van der Waals surface area contributed by atoms with Crippen molar-refractivity contribution in [1.82, 2.24) is 10.3 Å². The van der Waals surface area contributed by atoms with Gasteiger partial charge < -0.3 is 15.8 Å². The van der Waals surface area contributed by atoms with Gasteiger partial charge in [-0.25, -0.2) is 0 Å². The van der Waals surface area contributed by atoms with Gasteiger partial charge in [0, 0.05) is 18.8 Å². The van der Waals surface area contributed by atoms with E-state index in [2.05, 4.69) is 17.2 Å². The summed E-state index contributed by atoms with van der Waals surface area (Å²) in [6.45, 7) is 4.03. The summed E-state index contributed by atoms with van der Waals surface area (Å²) < 4.78 is 5.85. The average molecular weight is 235 g/mol. The van der Waals surface area contributed by atoms with Crippen LogP contribution in [-0.4, -0.2) is 30.1 Å². The van der Waals surface area contributed by atoms with Crippen LogP contribution in [-0.2, 0) is 0 Å². The molecule has 1 aliphatic rings. The molecule has 1 aromatic heterocycles. The van der Waals surface area contributed by atoms with Crippen LogP contribution in [0.4, 0.5) is 0 Å². The fourth-order valence-corrected chi connectivity index (χ4v) is 1.91. The molecule has 5 heteroatoms. The van der Waals surface area contributed by atoms with Crippen molar-refractivity contribution in [3.8, 4) is 5.75 Å². The first-order valence-electron chi connectivity index (χ1n) is 5.80. The monoisotopic (exact) mass is 235 g/mol. The molecule has 2 rings (SSSR count). The molecule has 1 amide bonds. The fraction of sp³-hybridized carbons (Fsp3) is 0.500. The number of piperidine rings is 1. The van der Waals surface area contributed by atoms with E-state index in [9.17, 15) is 4.79 Å². The number of carbonyl (C=O) groups is 1. The number of primary amides is 1. The number of amides is 1. The Morgan fingerprint density at radius 2 is 2.47 bits per heavy atom. The number of rotatable bonds is 3. The van der Waals surface area contributed by atoms with E-state index in [4.69, 9.17) is 10.5 Å². The van der Waals surface area contributed by atoms with E-state index in [-0.39, 0.29) is 11.8 Å². The zero-order chi connectivity index (χ0) is 12.3. The average Bonchev–Trinajstić information content (AvgIpc) is 2.32. The van der Waals surface area contributed by atoms with Gasteiger partial charge in [-0.3, -0.25) is 9.78 Å². The highest BCUT2D eigenvalue weighted by atomic mass is 16.5. The lowest BCUT2D eigenvalue weighted by Crippen LogP contribution is -2.42. The third kappa shape index (κ3) is 2.94. The molecule has 3 N–H and O–H groups in total. The molecule has 2 atom stereocenters. The molecule has 1 aromatic rings. The Morgan fingerprint density at radius 1 is 1.65 bits per heavy atom. The Bertz CT molecular complexity index is 408. The highest BCUT2D eigenvalue weighted by Gasteiger charge is 2.22. The number of hydrogen-bond donors (Lipinski definition) is 2. The van der Waals surface area contributed by atoms with Crippen molar-refractivity contribution in [2.45, 2.75) is 19.4 Å². The largest absolute Gasteiger partial charge is 0.489 e. The second kappa shape index (κ2) is 5.14. The summed E-state index contributed by atoms with van der Waals surface area (Å²) in [5.41, 5.74) is 5.41. The molecule has 2 heterocycles. The number of nitrogens with two attached hydrogens (primary N) is 1. The second-order valence-electron chi connectivity index (χ2n) is 4.37. The van der Waals surface area contributed by atoms with Crippen molar-refractivity contribution in [2.24, 2.45) is 11.7 Å². The van der Waals surface area contributed by atoms with Crippen LogP contribution >= 0.6 is 0 Å². The minimum atomic E-state index is -0.537. The molecule has 0 saturated carbocycles. The zero-order valence-corrected chi connectivity index (χ0v) is 9.85. The topological polar surface area (TPSA) is 77.2 Å². The van der Waals surface area contributed by atoms with Gasteiger partial charge >= 0.3 is 0 Å². The van der Waals surface area contributed by atoms with Gasteiger partial charge in [0.25, 0.3) is 5.91 Å². The number of nitrogens with one attached hydrogen (secondary N) is 1. The van der Waals surface area contributed by atoms with Crippen LogP contribution < -0.4 is 15.8 Å². The Morgan fingerprint density at radius 3 is 3.18 bits per heavy atom. The van der Waals surface area contributed by atoms with Gasteiger partial charge in [0.2, 0.25) is 0 Å². The van der Waals surface area contributed by atoms with E-state index in [1.54, 1.807) is 12.1 Å². The summed E-state index contributed by atoms with van der Waals surface area (Å²) in [5, 5.41) is 3.29. The summed E-state index contributed by atoms with van der Waals surface area (Å²) in [6, 6.07) is 3.33. The first-order valence-corrected chi connectivity index (χ1v) is 5.80. The van der Waals surface area contributed by atoms with Crippen molar-refractivity contribution in [3.63, 3.8) is 0 Å². The number of pyridine rings is 1. The maximum atomic E-state index is 11.0. The normalized spacial score (nSPS) is 24.3. The van der Waals surface area contributed by atoms with E-state index >= 15 is 0 Å². The Hall–Kier alpha value is -1.62. The van der Waals surface area contributed by atoms with E-state index in [1.807, 2.05) is 0 Å². The predicted octanol–water partition coefficient (Wildman–Crippen LogP) is 0.557. The summed E-state index contributed by atoms with van der Waals surface area (Å²) in [5.74, 6) is 0.612. The maximum absolute atomic E-state index is 11.0. The van der Waals surface area contributed by atoms with Crippen LogP contribution in [0.3, 0.4) is 0 Å². The SMILES string of the molecule is CC1CCNCC1Oc1ccnc(C(N)=O)c1. The molecule has 1 aliphatic heterocycles. The smallest absolute Gasteiger partial charge is 0.267 e. The van der Waals surface area contributed by atoms with E-state index < -0.39 is 5.91 Å². The highest BCUT2D eigenvalue weighted by molar-refractivity contribution is 5.91. The van der Waals surface area contributed by atoms with E-state index in [0.717, 1.165) is 19.5 Å². The van der Waals surface area contributed by atoms with E-state index in [1.165, 1.54) is 6.20 Å². The molecule has 2 unspecified atom stereocenters. The van der Waals surface area contributed by atoms with Crippen LogP contribution in [0.5, 0.6) is 5.75 Å². The molecule has 1 saturated heterocycles. The summed E-state index contributed by atoms with van der Waals surface area (Å²) in [6.07, 6.45) is 2.77. The number of nitrogens with zero attached hydrogens (tertiary/aromatic N) is 1. The summed E-state index contributed by atoms with van der Waals surface area (Å²) >= 11 is 0. The molecule has 0 aliphatic carbocycles. The molecular weight excluding hydrogens is 218 g/mol. The third-order valence-corrected chi connectivity index (χ3v) is 3.03. The lowest BCUT2D eigenvalue weighted by atomic mass is 9.97. The van der Waals surface area contributed by atoms with Crippen molar-refractivity contribution in [1.29, 1.82) is 0 Å². The van der Waals surface area contributed by atoms with Crippen molar-refractivity contribution >= 4 is 5.91 Å². The molecular formula is C12H17N3O2. The molecule has 0 radical (unpaired) electrons. The lowest BCUT2D eigenvalue weighted by molar-refractivity contribution is 0.0990. The van der Waals surface area contributed by atoms with Crippen LogP contribution in [0.15, 0.2) is 18.3 Å². The van der Waals surface area contributed by atoms with Gasteiger partial charge in [0.05, 0.1) is 0 Å². The lowest BCUT2D eigenvalue weighted by Gasteiger charge is -2.30. The fourth-order valence-electron chi connectivity index (χ4n) is 1.91. The molecule has 0 aromatic carbocycles. The quantitative estimate of drug-likeness (QED) is 0.802. The van der Waals surface area contributed by atoms with Gasteiger partial charge in [-0.2, -0.15) is 0 Å². The summed E-state index contributed by atoms with van der Waals surface area (Å²) in [7, 11) is 0. The minimum Gasteiger partial charge on any atom is -0.489 e. The minimum absolute atomic E-state index is 0.131. The molecule has 1 fully saturated rings. The number of ether oxygens (including phenoxy) is 1. The number of hydrogen-bond acceptors (Lipinski definition) is 4.